The molecule has 0 bridgehead atoms. The smallest absolute Gasteiger partial charge is 0.407 e. The lowest BCUT2D eigenvalue weighted by atomic mass is 9.80. The van der Waals surface area contributed by atoms with Crippen molar-refractivity contribution in [3.63, 3.8) is 0 Å². The van der Waals surface area contributed by atoms with E-state index in [0.29, 0.717) is 16.6 Å². The second kappa shape index (κ2) is 4.74. The van der Waals surface area contributed by atoms with Gasteiger partial charge < -0.3 is 15.2 Å². The van der Waals surface area contributed by atoms with Crippen LogP contribution in [0.3, 0.4) is 0 Å². The van der Waals surface area contributed by atoms with Crippen molar-refractivity contribution in [2.75, 3.05) is 6.61 Å². The molecule has 0 aliphatic carbocycles. The number of hydrogen-bond acceptors (Lipinski definition) is 3. The summed E-state index contributed by atoms with van der Waals surface area (Å²) >= 11 is 6.67. The zero-order valence-electron chi connectivity index (χ0n) is 9.96. The fourth-order valence-electron chi connectivity index (χ4n) is 1.99. The third kappa shape index (κ3) is 2.49. The van der Waals surface area contributed by atoms with Gasteiger partial charge in [-0.2, -0.15) is 0 Å². The molecule has 2 rings (SSSR count). The minimum absolute atomic E-state index is 0.137. The molecule has 0 saturated carbocycles. The molecular formula is C12H13Br2NO3. The van der Waals surface area contributed by atoms with Crippen LogP contribution < -0.4 is 5.32 Å². The van der Waals surface area contributed by atoms with Crippen molar-refractivity contribution >= 4 is 38.0 Å². The largest absolute Gasteiger partial charge is 0.506 e. The van der Waals surface area contributed by atoms with E-state index in [1.807, 2.05) is 13.8 Å². The van der Waals surface area contributed by atoms with E-state index in [4.69, 9.17) is 4.74 Å². The summed E-state index contributed by atoms with van der Waals surface area (Å²) < 4.78 is 6.41. The van der Waals surface area contributed by atoms with Crippen LogP contribution in [0.25, 0.3) is 0 Å². The Morgan fingerprint density at radius 3 is 2.78 bits per heavy atom. The molecule has 4 nitrogen and oxygen atoms in total. The predicted octanol–water partition coefficient (Wildman–Crippen LogP) is 3.72. The third-order valence-electron chi connectivity index (χ3n) is 2.99. The molecule has 1 fully saturated rings. The van der Waals surface area contributed by atoms with Crippen LogP contribution in [-0.2, 0) is 4.74 Å². The van der Waals surface area contributed by atoms with E-state index in [2.05, 4.69) is 37.2 Å². The second-order valence-electron chi connectivity index (χ2n) is 4.97. The Labute approximate surface area is 122 Å². The topological polar surface area (TPSA) is 58.6 Å². The van der Waals surface area contributed by atoms with Gasteiger partial charge in [-0.3, -0.25) is 0 Å². The number of carbonyl (C=O) groups excluding carboxylic acids is 1. The fourth-order valence-corrected chi connectivity index (χ4v) is 3.25. The Kier molecular flexibility index (Phi) is 3.60. The van der Waals surface area contributed by atoms with Gasteiger partial charge in [0, 0.05) is 15.5 Å². The monoisotopic (exact) mass is 377 g/mol. The molecule has 98 valence electrons. The maximum atomic E-state index is 11.4. The van der Waals surface area contributed by atoms with Crippen LogP contribution >= 0.6 is 31.9 Å². The first-order valence-corrected chi connectivity index (χ1v) is 7.01. The van der Waals surface area contributed by atoms with Crippen LogP contribution in [0.15, 0.2) is 21.1 Å². The Hall–Kier alpha value is -0.750. The summed E-state index contributed by atoms with van der Waals surface area (Å²) in [6.07, 6.45) is -0.463. The molecular weight excluding hydrogens is 366 g/mol. The lowest BCUT2D eigenvalue weighted by Gasteiger charge is -2.38. The van der Waals surface area contributed by atoms with Gasteiger partial charge >= 0.3 is 6.09 Å². The number of phenols is 1. The highest BCUT2D eigenvalue weighted by Gasteiger charge is 2.39. The van der Waals surface area contributed by atoms with Gasteiger partial charge in [0.25, 0.3) is 0 Å². The molecule has 2 N–H and O–H groups in total. The summed E-state index contributed by atoms with van der Waals surface area (Å²) in [6, 6.07) is 3.26. The number of halogens is 2. The number of amides is 1. The first-order chi connectivity index (χ1) is 8.31. The van der Waals surface area contributed by atoms with Gasteiger partial charge in [0.05, 0.1) is 10.5 Å². The number of rotatable bonds is 1. The summed E-state index contributed by atoms with van der Waals surface area (Å²) in [4.78, 5) is 11.4. The second-order valence-corrected chi connectivity index (χ2v) is 6.74. The van der Waals surface area contributed by atoms with Crippen molar-refractivity contribution in [1.29, 1.82) is 0 Å². The molecule has 1 heterocycles. The van der Waals surface area contributed by atoms with Crippen molar-refractivity contribution in [3.05, 3.63) is 26.6 Å². The maximum Gasteiger partial charge on any atom is 0.407 e. The minimum atomic E-state index is -0.463. The number of cyclic esters (lactones) is 1. The van der Waals surface area contributed by atoms with Crippen LogP contribution in [0.4, 0.5) is 4.79 Å². The Bertz CT molecular complexity index is 502. The number of aromatic hydroxyl groups is 1. The summed E-state index contributed by atoms with van der Waals surface area (Å²) in [7, 11) is 0. The molecule has 1 aliphatic heterocycles. The Morgan fingerprint density at radius 2 is 2.11 bits per heavy atom. The fraction of sp³-hybridized carbons (Fsp3) is 0.417. The molecule has 1 saturated heterocycles. The number of ether oxygens (including phenoxy) is 1. The van der Waals surface area contributed by atoms with Gasteiger partial charge in [-0.15, -0.1) is 0 Å². The van der Waals surface area contributed by atoms with Gasteiger partial charge in [0.2, 0.25) is 0 Å². The van der Waals surface area contributed by atoms with Crippen LogP contribution in [0, 0.1) is 5.41 Å². The Morgan fingerprint density at radius 1 is 1.44 bits per heavy atom. The van der Waals surface area contributed by atoms with Crippen molar-refractivity contribution in [2.24, 2.45) is 5.41 Å². The maximum absolute atomic E-state index is 11.4. The average Bonchev–Trinajstić information content (AvgIpc) is 2.27. The lowest BCUT2D eigenvalue weighted by molar-refractivity contribution is 0.0381. The van der Waals surface area contributed by atoms with E-state index in [9.17, 15) is 9.90 Å². The van der Waals surface area contributed by atoms with Gasteiger partial charge in [-0.1, -0.05) is 29.8 Å². The quantitative estimate of drug-likeness (QED) is 0.782. The molecule has 1 amide bonds. The van der Waals surface area contributed by atoms with E-state index in [-0.39, 0.29) is 17.2 Å². The number of alkyl carbamates (subject to hydrolysis) is 1. The summed E-state index contributed by atoms with van der Waals surface area (Å²) in [5, 5.41) is 12.9. The molecule has 0 aromatic heterocycles. The van der Waals surface area contributed by atoms with Gasteiger partial charge in [-0.25, -0.2) is 4.79 Å². The summed E-state index contributed by atoms with van der Waals surface area (Å²) in [5.74, 6) is 0.137. The summed E-state index contributed by atoms with van der Waals surface area (Å²) in [6.45, 7) is 4.27. The van der Waals surface area contributed by atoms with Gasteiger partial charge in [0.15, 0.2) is 0 Å². The van der Waals surface area contributed by atoms with Crippen molar-refractivity contribution in [3.8, 4) is 5.75 Å². The van der Waals surface area contributed by atoms with E-state index < -0.39 is 6.09 Å². The molecule has 1 aromatic carbocycles. The molecule has 6 heteroatoms. The SMILES string of the molecule is CC1(C)COC(=O)N[C@@H]1c1cc(Br)cc(Br)c1O. The molecule has 0 radical (unpaired) electrons. The normalized spacial score (nSPS) is 22.2. The first kappa shape index (κ1) is 13.7. The average molecular weight is 379 g/mol. The highest BCUT2D eigenvalue weighted by molar-refractivity contribution is 9.11. The van der Waals surface area contributed by atoms with E-state index in [1.165, 1.54) is 0 Å². The molecule has 1 aromatic rings. The molecule has 18 heavy (non-hydrogen) atoms. The third-order valence-corrected chi connectivity index (χ3v) is 4.05. The van der Waals surface area contributed by atoms with Gasteiger partial charge in [-0.05, 0) is 28.1 Å². The molecule has 1 aliphatic rings. The van der Waals surface area contributed by atoms with Crippen LogP contribution in [0.2, 0.25) is 0 Å². The highest BCUT2D eigenvalue weighted by atomic mass is 79.9. The molecule has 0 unspecified atom stereocenters. The zero-order chi connectivity index (χ0) is 13.5. The van der Waals surface area contributed by atoms with E-state index in [1.54, 1.807) is 12.1 Å². The van der Waals surface area contributed by atoms with Gasteiger partial charge in [0.1, 0.15) is 12.4 Å². The number of benzene rings is 1. The minimum Gasteiger partial charge on any atom is -0.506 e. The van der Waals surface area contributed by atoms with Crippen LogP contribution in [-0.4, -0.2) is 17.8 Å². The zero-order valence-corrected chi connectivity index (χ0v) is 13.1. The lowest BCUT2D eigenvalue weighted by Crippen LogP contribution is -2.46. The molecule has 1 atom stereocenters. The predicted molar refractivity (Wildman–Crippen MR) is 74.5 cm³/mol. The summed E-state index contributed by atoms with van der Waals surface area (Å²) in [5.41, 5.74) is 0.365. The number of nitrogens with one attached hydrogen (secondary N) is 1. The van der Waals surface area contributed by atoms with Crippen LogP contribution in [0.5, 0.6) is 5.75 Å². The van der Waals surface area contributed by atoms with Crippen LogP contribution in [0.1, 0.15) is 25.5 Å². The Balaban J connectivity index is 2.49. The number of phenolic OH excluding ortho intramolecular Hbond substituents is 1. The standard InChI is InChI=1S/C12H13Br2NO3/c1-12(2)5-18-11(17)15-10(12)7-3-6(13)4-8(14)9(7)16/h3-4,10,16H,5H2,1-2H3,(H,15,17)/t10-/m1/s1. The molecule has 0 spiro atoms. The highest BCUT2D eigenvalue weighted by Crippen LogP contribution is 2.43. The van der Waals surface area contributed by atoms with Crippen molar-refractivity contribution in [1.82, 2.24) is 5.32 Å². The number of hydrogen-bond donors (Lipinski definition) is 2. The van der Waals surface area contributed by atoms with Crippen molar-refractivity contribution < 1.29 is 14.6 Å². The van der Waals surface area contributed by atoms with E-state index >= 15 is 0 Å². The first-order valence-electron chi connectivity index (χ1n) is 5.42. The number of carbonyl (C=O) groups is 1. The van der Waals surface area contributed by atoms with E-state index in [0.717, 1.165) is 4.47 Å². The van der Waals surface area contributed by atoms with Crippen molar-refractivity contribution in [2.45, 2.75) is 19.9 Å².